The molecule has 0 bridgehead atoms. The van der Waals surface area contributed by atoms with Crippen molar-refractivity contribution in [3.8, 4) is 11.5 Å². The van der Waals surface area contributed by atoms with E-state index in [2.05, 4.69) is 5.32 Å². The van der Waals surface area contributed by atoms with E-state index >= 15 is 0 Å². The Hall–Kier alpha value is -1.79. The van der Waals surface area contributed by atoms with Gasteiger partial charge in [-0.05, 0) is 19.1 Å². The van der Waals surface area contributed by atoms with Gasteiger partial charge in [0, 0.05) is 17.7 Å². The molecule has 1 rings (SSSR count). The summed E-state index contributed by atoms with van der Waals surface area (Å²) in [6.45, 7) is 2.83. The number of hydrogen-bond donors (Lipinski definition) is 2. The van der Waals surface area contributed by atoms with Gasteiger partial charge in [-0.2, -0.15) is 0 Å². The van der Waals surface area contributed by atoms with E-state index in [1.54, 1.807) is 26.4 Å². The van der Waals surface area contributed by atoms with Crippen molar-refractivity contribution in [1.82, 2.24) is 5.32 Å². The van der Waals surface area contributed by atoms with Crippen molar-refractivity contribution in [2.75, 3.05) is 40.6 Å². The fourth-order valence-corrected chi connectivity index (χ4v) is 1.72. The SMILES string of the molecule is COc1cc(C(=O)NCCOCCO)cc(OC)c1C. The molecule has 0 aliphatic rings. The molecule has 1 aromatic rings. The summed E-state index contributed by atoms with van der Waals surface area (Å²) in [5.74, 6) is 0.978. The van der Waals surface area contributed by atoms with Gasteiger partial charge >= 0.3 is 0 Å². The van der Waals surface area contributed by atoms with Gasteiger partial charge in [-0.1, -0.05) is 0 Å². The average molecular weight is 283 g/mol. The molecule has 6 heteroatoms. The Morgan fingerprint density at radius 1 is 1.20 bits per heavy atom. The third-order valence-electron chi connectivity index (χ3n) is 2.78. The third-order valence-corrected chi connectivity index (χ3v) is 2.78. The maximum Gasteiger partial charge on any atom is 0.251 e. The second-order valence-electron chi connectivity index (χ2n) is 4.10. The predicted molar refractivity (Wildman–Crippen MR) is 74.5 cm³/mol. The van der Waals surface area contributed by atoms with Gasteiger partial charge in [0.25, 0.3) is 5.91 Å². The number of carbonyl (C=O) groups is 1. The minimum absolute atomic E-state index is 0.0275. The Morgan fingerprint density at radius 2 is 1.80 bits per heavy atom. The molecule has 0 saturated carbocycles. The highest BCUT2D eigenvalue weighted by Crippen LogP contribution is 2.29. The van der Waals surface area contributed by atoms with Crippen LogP contribution in [0.3, 0.4) is 0 Å². The van der Waals surface area contributed by atoms with Gasteiger partial charge in [-0.25, -0.2) is 0 Å². The molecular weight excluding hydrogens is 262 g/mol. The molecule has 0 spiro atoms. The smallest absolute Gasteiger partial charge is 0.251 e. The van der Waals surface area contributed by atoms with Crippen molar-refractivity contribution in [3.63, 3.8) is 0 Å². The molecule has 0 aromatic heterocycles. The standard InChI is InChI=1S/C14H21NO5/c1-10-12(18-2)8-11(9-13(10)19-3)14(17)15-4-6-20-7-5-16/h8-9,16H,4-7H2,1-3H3,(H,15,17). The average Bonchev–Trinajstić information content (AvgIpc) is 2.47. The van der Waals surface area contributed by atoms with Gasteiger partial charge in [0.1, 0.15) is 11.5 Å². The van der Waals surface area contributed by atoms with Gasteiger partial charge < -0.3 is 24.6 Å². The summed E-state index contributed by atoms with van der Waals surface area (Å²) >= 11 is 0. The Labute approximate surface area is 118 Å². The summed E-state index contributed by atoms with van der Waals surface area (Å²) in [6.07, 6.45) is 0. The molecule has 20 heavy (non-hydrogen) atoms. The Morgan fingerprint density at radius 3 is 2.30 bits per heavy atom. The maximum atomic E-state index is 12.0. The summed E-state index contributed by atoms with van der Waals surface area (Å²) in [5, 5.41) is 11.3. The second-order valence-corrected chi connectivity index (χ2v) is 4.10. The van der Waals surface area contributed by atoms with Crippen molar-refractivity contribution in [2.24, 2.45) is 0 Å². The van der Waals surface area contributed by atoms with Crippen LogP contribution in [0.1, 0.15) is 15.9 Å². The van der Waals surface area contributed by atoms with Gasteiger partial charge in [0.05, 0.1) is 34.0 Å². The fraction of sp³-hybridized carbons (Fsp3) is 0.500. The van der Waals surface area contributed by atoms with Crippen molar-refractivity contribution in [1.29, 1.82) is 0 Å². The number of nitrogens with one attached hydrogen (secondary N) is 1. The summed E-state index contributed by atoms with van der Waals surface area (Å²) in [7, 11) is 3.10. The Kier molecular flexibility index (Phi) is 6.83. The molecule has 0 aliphatic carbocycles. The first-order chi connectivity index (χ1) is 9.63. The predicted octanol–water partition coefficient (Wildman–Crippen LogP) is 0.751. The molecule has 0 atom stereocenters. The van der Waals surface area contributed by atoms with E-state index < -0.39 is 0 Å². The van der Waals surface area contributed by atoms with E-state index in [4.69, 9.17) is 19.3 Å². The lowest BCUT2D eigenvalue weighted by molar-refractivity contribution is 0.0837. The zero-order chi connectivity index (χ0) is 15.0. The minimum atomic E-state index is -0.228. The number of benzene rings is 1. The highest BCUT2D eigenvalue weighted by atomic mass is 16.5. The van der Waals surface area contributed by atoms with Gasteiger partial charge in [-0.15, -0.1) is 0 Å². The van der Waals surface area contributed by atoms with Crippen LogP contribution in [0.25, 0.3) is 0 Å². The summed E-state index contributed by atoms with van der Waals surface area (Å²) in [5.41, 5.74) is 1.31. The van der Waals surface area contributed by atoms with Crippen molar-refractivity contribution >= 4 is 5.91 Å². The molecule has 1 aromatic carbocycles. The number of ether oxygens (including phenoxy) is 3. The number of carbonyl (C=O) groups excluding carboxylic acids is 1. The molecule has 0 aliphatic heterocycles. The fourth-order valence-electron chi connectivity index (χ4n) is 1.72. The number of amides is 1. The monoisotopic (exact) mass is 283 g/mol. The van der Waals surface area contributed by atoms with Gasteiger partial charge in [-0.3, -0.25) is 4.79 Å². The summed E-state index contributed by atoms with van der Waals surface area (Å²) in [4.78, 5) is 12.0. The van der Waals surface area contributed by atoms with Gasteiger partial charge in [0.2, 0.25) is 0 Å². The zero-order valence-electron chi connectivity index (χ0n) is 12.1. The maximum absolute atomic E-state index is 12.0. The lowest BCUT2D eigenvalue weighted by Crippen LogP contribution is -2.27. The molecule has 0 radical (unpaired) electrons. The molecule has 0 heterocycles. The van der Waals surface area contributed by atoms with E-state index in [9.17, 15) is 4.79 Å². The van der Waals surface area contributed by atoms with Crippen LogP contribution in [0.5, 0.6) is 11.5 Å². The quantitative estimate of drug-likeness (QED) is 0.689. The van der Waals surface area contributed by atoms with E-state index in [-0.39, 0.29) is 19.1 Å². The van der Waals surface area contributed by atoms with Crippen LogP contribution in [0.2, 0.25) is 0 Å². The molecule has 6 nitrogen and oxygen atoms in total. The molecule has 0 fully saturated rings. The Bertz CT molecular complexity index is 422. The molecule has 1 amide bonds. The lowest BCUT2D eigenvalue weighted by Gasteiger charge is -2.12. The second kappa shape index (κ2) is 8.39. The third kappa shape index (κ3) is 4.40. The number of aliphatic hydroxyl groups is 1. The van der Waals surface area contributed by atoms with Crippen LogP contribution in [-0.4, -0.2) is 51.6 Å². The van der Waals surface area contributed by atoms with Crippen LogP contribution in [0, 0.1) is 6.92 Å². The number of methoxy groups -OCH3 is 2. The molecular formula is C14H21NO5. The van der Waals surface area contributed by atoms with E-state index in [0.29, 0.717) is 30.2 Å². The first kappa shape index (κ1) is 16.3. The van der Waals surface area contributed by atoms with Crippen molar-refractivity contribution in [3.05, 3.63) is 23.3 Å². The number of rotatable bonds is 8. The van der Waals surface area contributed by atoms with Crippen LogP contribution < -0.4 is 14.8 Å². The molecule has 112 valence electrons. The van der Waals surface area contributed by atoms with Crippen molar-refractivity contribution in [2.45, 2.75) is 6.92 Å². The number of hydrogen-bond acceptors (Lipinski definition) is 5. The highest BCUT2D eigenvalue weighted by molar-refractivity contribution is 5.95. The lowest BCUT2D eigenvalue weighted by atomic mass is 10.1. The Balaban J connectivity index is 2.68. The number of aliphatic hydroxyl groups excluding tert-OH is 1. The first-order valence-corrected chi connectivity index (χ1v) is 6.33. The van der Waals surface area contributed by atoms with Gasteiger partial charge in [0.15, 0.2) is 0 Å². The van der Waals surface area contributed by atoms with E-state index in [1.165, 1.54) is 0 Å². The summed E-state index contributed by atoms with van der Waals surface area (Å²) < 4.78 is 15.5. The molecule has 0 saturated heterocycles. The minimum Gasteiger partial charge on any atom is -0.496 e. The van der Waals surface area contributed by atoms with Crippen LogP contribution >= 0.6 is 0 Å². The largest absolute Gasteiger partial charge is 0.496 e. The molecule has 0 unspecified atom stereocenters. The first-order valence-electron chi connectivity index (χ1n) is 6.33. The topological polar surface area (TPSA) is 77.0 Å². The van der Waals surface area contributed by atoms with Crippen LogP contribution in [-0.2, 0) is 4.74 Å². The molecule has 2 N–H and O–H groups in total. The zero-order valence-corrected chi connectivity index (χ0v) is 12.1. The van der Waals surface area contributed by atoms with Crippen LogP contribution in [0.15, 0.2) is 12.1 Å². The van der Waals surface area contributed by atoms with E-state index in [1.807, 2.05) is 6.92 Å². The summed E-state index contributed by atoms with van der Waals surface area (Å²) in [6, 6.07) is 3.34. The normalized spacial score (nSPS) is 10.2. The van der Waals surface area contributed by atoms with Crippen molar-refractivity contribution < 1.29 is 24.1 Å². The highest BCUT2D eigenvalue weighted by Gasteiger charge is 2.13. The van der Waals surface area contributed by atoms with E-state index in [0.717, 1.165) is 5.56 Å². The van der Waals surface area contributed by atoms with Crippen LogP contribution in [0.4, 0.5) is 0 Å².